The molecule has 2 saturated heterocycles. The number of nitrogens with zero attached hydrogens (tertiary/aromatic N) is 1. The highest BCUT2D eigenvalue weighted by Gasteiger charge is 2.27. The van der Waals surface area contributed by atoms with E-state index in [0.717, 1.165) is 25.9 Å². The van der Waals surface area contributed by atoms with Crippen molar-refractivity contribution in [3.05, 3.63) is 0 Å². The van der Waals surface area contributed by atoms with Crippen LogP contribution < -0.4 is 10.6 Å². The molecule has 2 aliphatic heterocycles. The lowest BCUT2D eigenvalue weighted by Gasteiger charge is -2.35. The Kier molecular flexibility index (Phi) is 5.62. The summed E-state index contributed by atoms with van der Waals surface area (Å²) in [5, 5.41) is 6.17. The molecular weight excluding hydrogens is 290 g/mol. The Hall–Kier alpha value is -0.660. The molecule has 0 spiro atoms. The fourth-order valence-corrected chi connectivity index (χ4v) is 4.51. The zero-order valence-corrected chi connectivity index (χ0v) is 13.8. The monoisotopic (exact) mass is 317 g/mol. The van der Waals surface area contributed by atoms with Crippen LogP contribution in [0.5, 0.6) is 0 Å². The van der Waals surface area contributed by atoms with Crippen LogP contribution in [0.1, 0.15) is 33.1 Å². The van der Waals surface area contributed by atoms with Crippen molar-refractivity contribution in [3.63, 3.8) is 0 Å². The van der Waals surface area contributed by atoms with Gasteiger partial charge in [0.05, 0.1) is 11.5 Å². The molecule has 0 aromatic carbocycles. The van der Waals surface area contributed by atoms with Gasteiger partial charge >= 0.3 is 0 Å². The minimum absolute atomic E-state index is 0.0346. The van der Waals surface area contributed by atoms with Crippen molar-refractivity contribution in [2.24, 2.45) is 0 Å². The van der Waals surface area contributed by atoms with Gasteiger partial charge < -0.3 is 15.5 Å². The van der Waals surface area contributed by atoms with Gasteiger partial charge in [-0.15, -0.1) is 0 Å². The Morgan fingerprint density at radius 2 is 2.00 bits per heavy atom. The smallest absolute Gasteiger partial charge is 0.221 e. The quantitative estimate of drug-likeness (QED) is 0.748. The normalized spacial score (nSPS) is 27.7. The zero-order valence-electron chi connectivity index (χ0n) is 13.0. The molecule has 6 nitrogen and oxygen atoms in total. The van der Waals surface area contributed by atoms with Crippen LogP contribution in [0.25, 0.3) is 0 Å². The largest absolute Gasteiger partial charge is 0.353 e. The molecule has 2 fully saturated rings. The molecule has 122 valence electrons. The van der Waals surface area contributed by atoms with Crippen molar-refractivity contribution in [3.8, 4) is 0 Å². The zero-order chi connectivity index (χ0) is 15.5. The third-order valence-corrected chi connectivity index (χ3v) is 6.09. The molecule has 2 heterocycles. The molecule has 21 heavy (non-hydrogen) atoms. The van der Waals surface area contributed by atoms with Gasteiger partial charge in [0.2, 0.25) is 5.91 Å². The lowest BCUT2D eigenvalue weighted by Crippen LogP contribution is -2.50. The van der Waals surface area contributed by atoms with E-state index < -0.39 is 9.84 Å². The SMILES string of the molecule is CC(C)N1CCC(NC(=O)CC2CS(=O)(=O)CCN2)CC1. The summed E-state index contributed by atoms with van der Waals surface area (Å²) in [4.78, 5) is 14.5. The van der Waals surface area contributed by atoms with Crippen molar-refractivity contribution in [1.29, 1.82) is 0 Å². The summed E-state index contributed by atoms with van der Waals surface area (Å²) in [5.74, 6) is 0.220. The number of hydrogen-bond donors (Lipinski definition) is 2. The summed E-state index contributed by atoms with van der Waals surface area (Å²) in [6.07, 6.45) is 2.20. The molecule has 0 aliphatic carbocycles. The van der Waals surface area contributed by atoms with E-state index in [1.54, 1.807) is 0 Å². The Morgan fingerprint density at radius 3 is 2.57 bits per heavy atom. The first-order chi connectivity index (χ1) is 9.85. The van der Waals surface area contributed by atoms with Crippen LogP contribution in [-0.2, 0) is 14.6 Å². The predicted molar refractivity (Wildman–Crippen MR) is 82.9 cm³/mol. The first-order valence-corrected chi connectivity index (χ1v) is 9.65. The average molecular weight is 317 g/mol. The van der Waals surface area contributed by atoms with Crippen molar-refractivity contribution < 1.29 is 13.2 Å². The fraction of sp³-hybridized carbons (Fsp3) is 0.929. The van der Waals surface area contributed by atoms with Gasteiger partial charge in [0.15, 0.2) is 9.84 Å². The Labute approximate surface area is 127 Å². The fourth-order valence-electron chi connectivity index (χ4n) is 3.07. The summed E-state index contributed by atoms with van der Waals surface area (Å²) in [5.41, 5.74) is 0. The van der Waals surface area contributed by atoms with E-state index in [9.17, 15) is 13.2 Å². The number of likely N-dealkylation sites (tertiary alicyclic amines) is 1. The predicted octanol–water partition coefficient (Wildman–Crippen LogP) is -0.248. The highest BCUT2D eigenvalue weighted by Crippen LogP contribution is 2.13. The molecule has 0 saturated carbocycles. The van der Waals surface area contributed by atoms with E-state index in [2.05, 4.69) is 29.4 Å². The number of nitrogens with one attached hydrogen (secondary N) is 2. The van der Waals surface area contributed by atoms with Crippen molar-refractivity contribution in [1.82, 2.24) is 15.5 Å². The molecule has 1 unspecified atom stereocenters. The highest BCUT2D eigenvalue weighted by atomic mass is 32.2. The minimum Gasteiger partial charge on any atom is -0.353 e. The van der Waals surface area contributed by atoms with Crippen LogP contribution in [0.15, 0.2) is 0 Å². The van der Waals surface area contributed by atoms with Gasteiger partial charge in [-0.2, -0.15) is 0 Å². The van der Waals surface area contributed by atoms with Crippen LogP contribution >= 0.6 is 0 Å². The van der Waals surface area contributed by atoms with Gasteiger partial charge in [0, 0.05) is 44.2 Å². The molecular formula is C14H27N3O3S. The lowest BCUT2D eigenvalue weighted by atomic mass is 10.0. The molecule has 0 bridgehead atoms. The number of sulfone groups is 1. The highest BCUT2D eigenvalue weighted by molar-refractivity contribution is 7.91. The summed E-state index contributed by atoms with van der Waals surface area (Å²) < 4.78 is 23.1. The topological polar surface area (TPSA) is 78.5 Å². The van der Waals surface area contributed by atoms with Gasteiger partial charge in [-0.25, -0.2) is 8.42 Å². The van der Waals surface area contributed by atoms with Crippen LogP contribution in [0.2, 0.25) is 0 Å². The van der Waals surface area contributed by atoms with Gasteiger partial charge in [0.25, 0.3) is 0 Å². The number of carbonyl (C=O) groups is 1. The van der Waals surface area contributed by atoms with Gasteiger partial charge in [-0.1, -0.05) is 0 Å². The number of amides is 1. The van der Waals surface area contributed by atoms with E-state index >= 15 is 0 Å². The molecule has 7 heteroatoms. The first-order valence-electron chi connectivity index (χ1n) is 7.83. The maximum atomic E-state index is 12.0. The average Bonchev–Trinajstić information content (AvgIpc) is 2.37. The van der Waals surface area contributed by atoms with Gasteiger partial charge in [0.1, 0.15) is 0 Å². The van der Waals surface area contributed by atoms with Crippen molar-refractivity contribution in [2.45, 2.75) is 51.2 Å². The Balaban J connectivity index is 1.73. The first kappa shape index (κ1) is 16.7. The Morgan fingerprint density at radius 1 is 1.33 bits per heavy atom. The third kappa shape index (κ3) is 5.23. The van der Waals surface area contributed by atoms with Crippen LogP contribution in [0.4, 0.5) is 0 Å². The number of piperidine rings is 1. The molecule has 1 amide bonds. The molecule has 2 aliphatic rings. The van der Waals surface area contributed by atoms with Crippen LogP contribution in [0.3, 0.4) is 0 Å². The van der Waals surface area contributed by atoms with E-state index in [4.69, 9.17) is 0 Å². The summed E-state index contributed by atoms with van der Waals surface area (Å²) in [6, 6.07) is 0.547. The van der Waals surface area contributed by atoms with E-state index in [1.165, 1.54) is 0 Å². The lowest BCUT2D eigenvalue weighted by molar-refractivity contribution is -0.122. The van der Waals surface area contributed by atoms with E-state index in [0.29, 0.717) is 12.6 Å². The van der Waals surface area contributed by atoms with Crippen molar-refractivity contribution >= 4 is 15.7 Å². The minimum atomic E-state index is -2.98. The van der Waals surface area contributed by atoms with Crippen molar-refractivity contribution in [2.75, 3.05) is 31.1 Å². The van der Waals surface area contributed by atoms with Gasteiger partial charge in [-0.3, -0.25) is 4.79 Å². The number of carbonyl (C=O) groups excluding carboxylic acids is 1. The van der Waals surface area contributed by atoms with E-state index in [-0.39, 0.29) is 35.9 Å². The summed E-state index contributed by atoms with van der Waals surface area (Å²) in [6.45, 7) is 6.85. The second kappa shape index (κ2) is 7.07. The molecule has 0 aromatic rings. The Bertz CT molecular complexity index is 456. The third-order valence-electron chi connectivity index (χ3n) is 4.36. The van der Waals surface area contributed by atoms with Gasteiger partial charge in [-0.05, 0) is 26.7 Å². The maximum Gasteiger partial charge on any atom is 0.221 e. The second-order valence-corrected chi connectivity index (χ2v) is 8.67. The molecule has 0 radical (unpaired) electrons. The summed E-state index contributed by atoms with van der Waals surface area (Å²) >= 11 is 0. The summed E-state index contributed by atoms with van der Waals surface area (Å²) in [7, 11) is -2.98. The maximum absolute atomic E-state index is 12.0. The van der Waals surface area contributed by atoms with Crippen LogP contribution in [0, 0.1) is 0 Å². The molecule has 1 atom stereocenters. The number of rotatable bonds is 4. The number of hydrogen-bond acceptors (Lipinski definition) is 5. The molecule has 0 aromatic heterocycles. The molecule has 2 rings (SSSR count). The standard InChI is InChI=1S/C14H27N3O3S/c1-11(2)17-6-3-12(4-7-17)16-14(18)9-13-10-21(19,20)8-5-15-13/h11-13,15H,3-10H2,1-2H3,(H,16,18). The molecule has 2 N–H and O–H groups in total. The van der Waals surface area contributed by atoms with Crippen LogP contribution in [-0.4, -0.2) is 68.5 Å². The van der Waals surface area contributed by atoms with E-state index in [1.807, 2.05) is 0 Å². The second-order valence-electron chi connectivity index (χ2n) is 6.44.